The first-order valence-electron chi connectivity index (χ1n) is 8.26. The van der Waals surface area contributed by atoms with Gasteiger partial charge in [0.15, 0.2) is 5.82 Å². The molecule has 5 nitrogen and oxygen atoms in total. The molecule has 1 amide bonds. The topological polar surface area (TPSA) is 59.2 Å². The second-order valence-electron chi connectivity index (χ2n) is 6.30. The summed E-state index contributed by atoms with van der Waals surface area (Å²) in [4.78, 5) is 18.7. The Labute approximate surface area is 136 Å². The number of amides is 1. The van der Waals surface area contributed by atoms with Gasteiger partial charge < -0.3 is 9.42 Å². The van der Waals surface area contributed by atoms with E-state index in [0.717, 1.165) is 25.1 Å². The average Bonchev–Trinajstić information content (AvgIpc) is 3.11. The van der Waals surface area contributed by atoms with Crippen molar-refractivity contribution in [3.05, 3.63) is 46.6 Å². The number of hydrogen-bond donors (Lipinski definition) is 0. The summed E-state index contributed by atoms with van der Waals surface area (Å²) in [5.74, 6) is 1.46. The third-order valence-electron chi connectivity index (χ3n) is 4.42. The Bertz CT molecular complexity index is 708. The molecule has 0 radical (unpaired) electrons. The molecule has 1 saturated heterocycles. The normalized spacial score (nSPS) is 18.0. The lowest BCUT2D eigenvalue weighted by Crippen LogP contribution is -2.27. The van der Waals surface area contributed by atoms with Crippen molar-refractivity contribution in [1.29, 1.82) is 0 Å². The monoisotopic (exact) mass is 313 g/mol. The number of hydrogen-bond acceptors (Lipinski definition) is 4. The summed E-state index contributed by atoms with van der Waals surface area (Å²) < 4.78 is 5.42. The summed E-state index contributed by atoms with van der Waals surface area (Å²) in [6.07, 6.45) is 3.08. The fourth-order valence-electron chi connectivity index (χ4n) is 3.07. The van der Waals surface area contributed by atoms with Crippen molar-refractivity contribution in [3.8, 4) is 0 Å². The SMILES string of the molecule is CCCc1noc(C2CCC(=O)N2Cc2cc(C)ccc2C)n1. The van der Waals surface area contributed by atoms with Crippen LogP contribution in [0, 0.1) is 13.8 Å². The van der Waals surface area contributed by atoms with Crippen LogP contribution < -0.4 is 0 Å². The van der Waals surface area contributed by atoms with Gasteiger partial charge in [-0.05, 0) is 37.8 Å². The van der Waals surface area contributed by atoms with Crippen LogP contribution in [0.25, 0.3) is 0 Å². The van der Waals surface area contributed by atoms with Gasteiger partial charge in [0.25, 0.3) is 0 Å². The van der Waals surface area contributed by atoms with Gasteiger partial charge >= 0.3 is 0 Å². The maximum absolute atomic E-state index is 12.3. The fourth-order valence-corrected chi connectivity index (χ4v) is 3.07. The van der Waals surface area contributed by atoms with Crippen LogP contribution in [-0.4, -0.2) is 20.9 Å². The molecule has 23 heavy (non-hydrogen) atoms. The predicted molar refractivity (Wildman–Crippen MR) is 86.7 cm³/mol. The van der Waals surface area contributed by atoms with Crippen LogP contribution in [0.1, 0.15) is 60.6 Å². The molecule has 0 bridgehead atoms. The number of aromatic nitrogens is 2. The van der Waals surface area contributed by atoms with Crippen LogP contribution >= 0.6 is 0 Å². The molecule has 0 spiro atoms. The van der Waals surface area contributed by atoms with E-state index < -0.39 is 0 Å². The highest BCUT2D eigenvalue weighted by Gasteiger charge is 2.36. The summed E-state index contributed by atoms with van der Waals surface area (Å²) in [6.45, 7) is 6.84. The molecule has 1 atom stereocenters. The molecule has 1 fully saturated rings. The van der Waals surface area contributed by atoms with E-state index in [2.05, 4.69) is 49.1 Å². The molecule has 1 aromatic heterocycles. The van der Waals surface area contributed by atoms with Gasteiger partial charge in [-0.1, -0.05) is 35.8 Å². The number of likely N-dealkylation sites (tertiary alicyclic amines) is 1. The lowest BCUT2D eigenvalue weighted by Gasteiger charge is -2.23. The molecular formula is C18H23N3O2. The molecule has 2 heterocycles. The maximum atomic E-state index is 12.3. The van der Waals surface area contributed by atoms with E-state index in [-0.39, 0.29) is 11.9 Å². The van der Waals surface area contributed by atoms with E-state index in [0.29, 0.717) is 18.9 Å². The van der Waals surface area contributed by atoms with Gasteiger partial charge in [-0.25, -0.2) is 0 Å². The molecule has 1 aliphatic heterocycles. The zero-order valence-corrected chi connectivity index (χ0v) is 14.0. The molecule has 1 aliphatic rings. The van der Waals surface area contributed by atoms with Gasteiger partial charge in [0, 0.05) is 19.4 Å². The average molecular weight is 313 g/mol. The van der Waals surface area contributed by atoms with Crippen molar-refractivity contribution < 1.29 is 9.32 Å². The summed E-state index contributed by atoms with van der Waals surface area (Å²) in [5, 5.41) is 4.02. The first-order valence-corrected chi connectivity index (χ1v) is 8.26. The van der Waals surface area contributed by atoms with E-state index in [1.165, 1.54) is 16.7 Å². The standard InChI is InChI=1S/C18H23N3O2/c1-4-5-16-19-18(23-20-16)15-8-9-17(22)21(15)11-14-10-12(2)6-7-13(14)3/h6-7,10,15H,4-5,8-9,11H2,1-3H3. The zero-order chi connectivity index (χ0) is 16.4. The largest absolute Gasteiger partial charge is 0.337 e. The minimum atomic E-state index is -0.0967. The Morgan fingerprint density at radius 3 is 2.96 bits per heavy atom. The molecule has 0 N–H and O–H groups in total. The summed E-state index contributed by atoms with van der Waals surface area (Å²) in [7, 11) is 0. The van der Waals surface area contributed by atoms with Crippen molar-refractivity contribution in [2.75, 3.05) is 0 Å². The Kier molecular flexibility index (Phi) is 4.46. The molecule has 0 aliphatic carbocycles. The van der Waals surface area contributed by atoms with Gasteiger partial charge in [-0.15, -0.1) is 0 Å². The summed E-state index contributed by atoms with van der Waals surface area (Å²) >= 11 is 0. The Morgan fingerprint density at radius 1 is 1.35 bits per heavy atom. The highest BCUT2D eigenvalue weighted by atomic mass is 16.5. The van der Waals surface area contributed by atoms with E-state index in [9.17, 15) is 4.79 Å². The van der Waals surface area contributed by atoms with E-state index in [1.54, 1.807) is 0 Å². The molecule has 5 heteroatoms. The lowest BCUT2D eigenvalue weighted by atomic mass is 10.0. The maximum Gasteiger partial charge on any atom is 0.249 e. The van der Waals surface area contributed by atoms with Crippen molar-refractivity contribution in [2.45, 2.75) is 59.0 Å². The minimum Gasteiger partial charge on any atom is -0.337 e. The Morgan fingerprint density at radius 2 is 2.17 bits per heavy atom. The van der Waals surface area contributed by atoms with Gasteiger partial charge in [-0.3, -0.25) is 4.79 Å². The van der Waals surface area contributed by atoms with Crippen molar-refractivity contribution in [2.24, 2.45) is 0 Å². The quantitative estimate of drug-likeness (QED) is 0.847. The Hall–Kier alpha value is -2.17. The first-order chi connectivity index (χ1) is 11.1. The highest BCUT2D eigenvalue weighted by Crippen LogP contribution is 2.33. The Balaban J connectivity index is 1.83. The van der Waals surface area contributed by atoms with Crippen molar-refractivity contribution >= 4 is 5.91 Å². The summed E-state index contributed by atoms with van der Waals surface area (Å²) in [6, 6.07) is 6.25. The minimum absolute atomic E-state index is 0.0967. The van der Waals surface area contributed by atoms with E-state index in [4.69, 9.17) is 4.52 Å². The zero-order valence-electron chi connectivity index (χ0n) is 14.0. The number of carbonyl (C=O) groups is 1. The van der Waals surface area contributed by atoms with Crippen LogP contribution in [-0.2, 0) is 17.8 Å². The smallest absolute Gasteiger partial charge is 0.249 e. The van der Waals surface area contributed by atoms with Crippen LogP contribution in [0.3, 0.4) is 0 Å². The second-order valence-corrected chi connectivity index (χ2v) is 6.30. The molecule has 122 valence electrons. The molecule has 1 unspecified atom stereocenters. The third kappa shape index (κ3) is 3.28. The molecule has 3 rings (SSSR count). The lowest BCUT2D eigenvalue weighted by molar-refractivity contribution is -0.130. The van der Waals surface area contributed by atoms with Crippen molar-refractivity contribution in [3.63, 3.8) is 0 Å². The molecule has 1 aromatic carbocycles. The van der Waals surface area contributed by atoms with E-state index in [1.807, 2.05) is 4.90 Å². The van der Waals surface area contributed by atoms with Crippen LogP contribution in [0.2, 0.25) is 0 Å². The van der Waals surface area contributed by atoms with Crippen LogP contribution in [0.15, 0.2) is 22.7 Å². The number of rotatable bonds is 5. The molecular weight excluding hydrogens is 290 g/mol. The van der Waals surface area contributed by atoms with Gasteiger partial charge in [0.1, 0.15) is 6.04 Å². The van der Waals surface area contributed by atoms with Gasteiger partial charge in [0.05, 0.1) is 0 Å². The second kappa shape index (κ2) is 6.52. The number of benzene rings is 1. The summed E-state index contributed by atoms with van der Waals surface area (Å²) in [5.41, 5.74) is 3.58. The number of carbonyl (C=O) groups excluding carboxylic acids is 1. The molecule has 2 aromatic rings. The van der Waals surface area contributed by atoms with Crippen molar-refractivity contribution in [1.82, 2.24) is 15.0 Å². The fraction of sp³-hybridized carbons (Fsp3) is 0.500. The van der Waals surface area contributed by atoms with Crippen LogP contribution in [0.4, 0.5) is 0 Å². The van der Waals surface area contributed by atoms with Gasteiger partial charge in [-0.2, -0.15) is 4.98 Å². The number of aryl methyl sites for hydroxylation is 3. The third-order valence-corrected chi connectivity index (χ3v) is 4.42. The van der Waals surface area contributed by atoms with Crippen LogP contribution in [0.5, 0.6) is 0 Å². The predicted octanol–water partition coefficient (Wildman–Crippen LogP) is 3.50. The molecule has 0 saturated carbocycles. The highest BCUT2D eigenvalue weighted by molar-refractivity contribution is 5.78. The number of nitrogens with zero attached hydrogens (tertiary/aromatic N) is 3. The van der Waals surface area contributed by atoms with Gasteiger partial charge in [0.2, 0.25) is 11.8 Å². The van der Waals surface area contributed by atoms with E-state index >= 15 is 0 Å². The first kappa shape index (κ1) is 15.7.